The molecule has 0 bridgehead atoms. The number of hydrogen-bond acceptors (Lipinski definition) is 10. The van der Waals surface area contributed by atoms with Crippen molar-refractivity contribution in [2.45, 2.75) is 19.8 Å². The van der Waals surface area contributed by atoms with E-state index in [9.17, 15) is 9.59 Å². The molecule has 13 nitrogen and oxygen atoms in total. The number of nitrogens with two attached hydrogens (primary N) is 1. The maximum Gasteiger partial charge on any atom is 0.341 e. The summed E-state index contributed by atoms with van der Waals surface area (Å²) in [6.07, 6.45) is 2.51. The summed E-state index contributed by atoms with van der Waals surface area (Å²) in [6.45, 7) is 1.43. The van der Waals surface area contributed by atoms with E-state index in [0.717, 1.165) is 0 Å². The van der Waals surface area contributed by atoms with Crippen LogP contribution in [0, 0.1) is 0 Å². The van der Waals surface area contributed by atoms with Gasteiger partial charge in [-0.3, -0.25) is 4.79 Å². The van der Waals surface area contributed by atoms with Crippen LogP contribution in [0.3, 0.4) is 0 Å². The number of nitrogen functional groups attached to an aromatic ring is 1. The van der Waals surface area contributed by atoms with Gasteiger partial charge in [-0.25, -0.2) is 14.8 Å². The number of nitrogens with zero attached hydrogens (tertiary/aromatic N) is 6. The first-order valence-electron chi connectivity index (χ1n) is 8.81. The molecule has 0 unspecified atom stereocenters. The molecule has 0 saturated heterocycles. The lowest BCUT2D eigenvalue weighted by atomic mass is 10.2. The third-order valence-electron chi connectivity index (χ3n) is 3.80. The minimum absolute atomic E-state index is 0.0141. The molecule has 2 aromatic heterocycles. The highest BCUT2D eigenvalue weighted by Gasteiger charge is 2.23. The Labute approximate surface area is 169 Å². The molecular weight excluding hydrogens is 396 g/mol. The standard InChI is InChI=1S/C17H18N8O5/c1-2-5-11-14(20-24-25(11)16-15(18)22-30-23-16)17(28)21-19-8-10-6-3-4-7-12(10)29-9-13(26)27/h3-4,6-8H,2,5,9H2,1H3,(H2,18,22)(H,21,28)(H,26,27)/b19-8+. The molecule has 1 amide bonds. The Morgan fingerprint density at radius 2 is 2.17 bits per heavy atom. The molecule has 1 aromatic carbocycles. The highest BCUT2D eigenvalue weighted by Crippen LogP contribution is 2.18. The number of benzene rings is 1. The third-order valence-corrected chi connectivity index (χ3v) is 3.80. The zero-order chi connectivity index (χ0) is 21.5. The zero-order valence-corrected chi connectivity index (χ0v) is 15.8. The van der Waals surface area contributed by atoms with E-state index in [-0.39, 0.29) is 17.3 Å². The van der Waals surface area contributed by atoms with E-state index in [0.29, 0.717) is 29.8 Å². The van der Waals surface area contributed by atoms with Gasteiger partial charge in [0.1, 0.15) is 5.75 Å². The Kier molecular flexibility index (Phi) is 6.32. The number of carbonyl (C=O) groups is 2. The Hall–Kier alpha value is -4.29. The van der Waals surface area contributed by atoms with Crippen LogP contribution in [-0.2, 0) is 11.2 Å². The first-order chi connectivity index (χ1) is 14.5. The maximum absolute atomic E-state index is 12.6. The van der Waals surface area contributed by atoms with Gasteiger partial charge in [-0.2, -0.15) is 9.78 Å². The summed E-state index contributed by atoms with van der Waals surface area (Å²) in [4.78, 5) is 23.2. The summed E-state index contributed by atoms with van der Waals surface area (Å²) in [6, 6.07) is 6.66. The quantitative estimate of drug-likeness (QED) is 0.327. The van der Waals surface area contributed by atoms with Gasteiger partial charge in [0.15, 0.2) is 12.3 Å². The molecule has 0 saturated carbocycles. The predicted octanol–water partition coefficient (Wildman–Crippen LogP) is 0.412. The van der Waals surface area contributed by atoms with Gasteiger partial charge in [-0.1, -0.05) is 30.7 Å². The highest BCUT2D eigenvalue weighted by atomic mass is 16.6. The van der Waals surface area contributed by atoms with Gasteiger partial charge >= 0.3 is 5.97 Å². The molecule has 3 rings (SSSR count). The topological polar surface area (TPSA) is 184 Å². The second-order valence-electron chi connectivity index (χ2n) is 5.94. The van der Waals surface area contributed by atoms with E-state index in [1.165, 1.54) is 10.9 Å². The van der Waals surface area contributed by atoms with Gasteiger partial charge in [0.25, 0.3) is 5.91 Å². The van der Waals surface area contributed by atoms with E-state index in [1.807, 2.05) is 6.92 Å². The van der Waals surface area contributed by atoms with E-state index in [2.05, 4.69) is 35.8 Å². The van der Waals surface area contributed by atoms with Crippen LogP contribution in [0.2, 0.25) is 0 Å². The lowest BCUT2D eigenvalue weighted by Gasteiger charge is -2.06. The van der Waals surface area contributed by atoms with Crippen LogP contribution in [0.25, 0.3) is 5.82 Å². The van der Waals surface area contributed by atoms with Crippen LogP contribution in [0.15, 0.2) is 34.0 Å². The molecule has 0 atom stereocenters. The Morgan fingerprint density at radius 3 is 2.87 bits per heavy atom. The van der Waals surface area contributed by atoms with Crippen LogP contribution in [0.1, 0.15) is 35.1 Å². The minimum Gasteiger partial charge on any atom is -0.481 e. The summed E-state index contributed by atoms with van der Waals surface area (Å²) < 4.78 is 11.1. The Bertz CT molecular complexity index is 1070. The van der Waals surface area contributed by atoms with E-state index in [1.54, 1.807) is 24.3 Å². The molecule has 30 heavy (non-hydrogen) atoms. The number of carboxylic acids is 1. The van der Waals surface area contributed by atoms with Crippen molar-refractivity contribution in [3.8, 4) is 11.6 Å². The molecule has 3 aromatic rings. The molecule has 13 heteroatoms. The van der Waals surface area contributed by atoms with Crippen LogP contribution >= 0.6 is 0 Å². The number of anilines is 1. The predicted molar refractivity (Wildman–Crippen MR) is 102 cm³/mol. The van der Waals surface area contributed by atoms with Gasteiger partial charge in [0.05, 0.1) is 11.9 Å². The average molecular weight is 414 g/mol. The minimum atomic E-state index is -1.11. The van der Waals surface area contributed by atoms with Gasteiger partial charge in [0.2, 0.25) is 11.6 Å². The number of ether oxygens (including phenoxy) is 1. The third kappa shape index (κ3) is 4.57. The van der Waals surface area contributed by atoms with Crippen molar-refractivity contribution < 1.29 is 24.1 Å². The van der Waals surface area contributed by atoms with Crippen LogP contribution in [0.5, 0.6) is 5.75 Å². The number of nitrogens with one attached hydrogen (secondary N) is 1. The van der Waals surface area contributed by atoms with Gasteiger partial charge in [-0.05, 0) is 28.9 Å². The fraction of sp³-hybridized carbons (Fsp3) is 0.235. The molecule has 2 heterocycles. The molecule has 0 fully saturated rings. The monoisotopic (exact) mass is 414 g/mol. The van der Waals surface area contributed by atoms with Gasteiger partial charge in [-0.15, -0.1) is 5.10 Å². The lowest BCUT2D eigenvalue weighted by molar-refractivity contribution is -0.139. The van der Waals surface area contributed by atoms with Crippen molar-refractivity contribution in [1.29, 1.82) is 0 Å². The normalized spacial score (nSPS) is 11.0. The molecule has 0 radical (unpaired) electrons. The number of hydrogen-bond donors (Lipinski definition) is 3. The number of aliphatic carboxylic acids is 1. The summed E-state index contributed by atoms with van der Waals surface area (Å²) >= 11 is 0. The van der Waals surface area contributed by atoms with Crippen LogP contribution < -0.4 is 15.9 Å². The summed E-state index contributed by atoms with van der Waals surface area (Å²) in [5.74, 6) is -1.24. The molecule has 0 aliphatic heterocycles. The highest BCUT2D eigenvalue weighted by molar-refractivity contribution is 5.94. The lowest BCUT2D eigenvalue weighted by Crippen LogP contribution is -2.20. The molecule has 0 spiro atoms. The van der Waals surface area contributed by atoms with Crippen molar-refractivity contribution >= 4 is 23.9 Å². The fourth-order valence-corrected chi connectivity index (χ4v) is 2.52. The molecule has 156 valence electrons. The summed E-state index contributed by atoms with van der Waals surface area (Å²) in [5.41, 5.74) is 9.06. The van der Waals surface area contributed by atoms with Crippen molar-refractivity contribution in [3.05, 3.63) is 41.2 Å². The first-order valence-corrected chi connectivity index (χ1v) is 8.81. The van der Waals surface area contributed by atoms with Crippen molar-refractivity contribution in [2.75, 3.05) is 12.3 Å². The SMILES string of the molecule is CCCc1c(C(=O)N/N=C/c2ccccc2OCC(=O)O)nnn1-c1nonc1N. The second-order valence-corrected chi connectivity index (χ2v) is 5.94. The van der Waals surface area contributed by atoms with Gasteiger partial charge in [0, 0.05) is 5.56 Å². The number of carbonyl (C=O) groups excluding carboxylic acids is 1. The summed E-state index contributed by atoms with van der Waals surface area (Å²) in [7, 11) is 0. The largest absolute Gasteiger partial charge is 0.481 e. The molecule has 0 aliphatic rings. The van der Waals surface area contributed by atoms with Crippen LogP contribution in [0.4, 0.5) is 5.82 Å². The first kappa shape index (κ1) is 20.4. The van der Waals surface area contributed by atoms with E-state index < -0.39 is 18.5 Å². The number of hydrazone groups is 1. The Balaban J connectivity index is 1.77. The Morgan fingerprint density at radius 1 is 1.37 bits per heavy atom. The molecular formula is C17H18N8O5. The van der Waals surface area contributed by atoms with Gasteiger partial charge < -0.3 is 15.6 Å². The zero-order valence-electron chi connectivity index (χ0n) is 15.8. The number of amides is 1. The van der Waals surface area contributed by atoms with E-state index >= 15 is 0 Å². The van der Waals surface area contributed by atoms with Crippen molar-refractivity contribution in [2.24, 2.45) is 5.10 Å². The summed E-state index contributed by atoms with van der Waals surface area (Å²) in [5, 5.41) is 27.6. The number of aromatic nitrogens is 5. The fourth-order valence-electron chi connectivity index (χ4n) is 2.52. The maximum atomic E-state index is 12.6. The molecule has 4 N–H and O–H groups in total. The number of carboxylic acid groups (broad SMARTS) is 1. The van der Waals surface area contributed by atoms with Crippen molar-refractivity contribution in [1.82, 2.24) is 30.7 Å². The number of para-hydroxylation sites is 1. The molecule has 0 aliphatic carbocycles. The second kappa shape index (κ2) is 9.27. The smallest absolute Gasteiger partial charge is 0.341 e. The average Bonchev–Trinajstić information content (AvgIpc) is 3.33. The van der Waals surface area contributed by atoms with Crippen molar-refractivity contribution in [3.63, 3.8) is 0 Å². The van der Waals surface area contributed by atoms with E-state index in [4.69, 9.17) is 15.6 Å². The van der Waals surface area contributed by atoms with Crippen LogP contribution in [-0.4, -0.2) is 55.1 Å². The number of rotatable bonds is 9.